The Morgan fingerprint density at radius 1 is 0.576 bits per heavy atom. The molecule has 1 aliphatic rings. The van der Waals surface area contributed by atoms with Gasteiger partial charge >= 0.3 is 13.6 Å². The summed E-state index contributed by atoms with van der Waals surface area (Å²) in [7, 11) is -2.15. The highest BCUT2D eigenvalue weighted by Gasteiger charge is 2.47. The van der Waals surface area contributed by atoms with Crippen molar-refractivity contribution in [2.75, 3.05) is 40.2 Å². The van der Waals surface area contributed by atoms with Crippen molar-refractivity contribution >= 4 is 13.6 Å². The van der Waals surface area contributed by atoms with Gasteiger partial charge in [-0.15, -0.1) is 0 Å². The zero-order chi connectivity index (χ0) is 45.8. The molecule has 346 valence electrons. The van der Waals surface area contributed by atoms with Crippen LogP contribution in [0.1, 0.15) is 39.8 Å². The lowest BCUT2D eigenvalue weighted by Crippen LogP contribution is -2.66. The van der Waals surface area contributed by atoms with Crippen LogP contribution < -0.4 is 15.2 Å². The number of hydrogen-bond donors (Lipinski definition) is 1. The predicted molar refractivity (Wildman–Crippen MR) is 255 cm³/mol. The maximum absolute atomic E-state index is 15.4. The van der Waals surface area contributed by atoms with Crippen LogP contribution in [-0.4, -0.2) is 74.2 Å². The summed E-state index contributed by atoms with van der Waals surface area (Å²) < 4.78 is 56.3. The summed E-state index contributed by atoms with van der Waals surface area (Å²) in [5.41, 5.74) is 11.4. The lowest BCUT2D eigenvalue weighted by Gasteiger charge is -2.51. The number of rotatable bonds is 26. The van der Waals surface area contributed by atoms with E-state index in [2.05, 4.69) is 24.3 Å². The van der Waals surface area contributed by atoms with E-state index in [1.807, 2.05) is 149 Å². The Morgan fingerprint density at radius 2 is 1.08 bits per heavy atom. The van der Waals surface area contributed by atoms with Crippen LogP contribution in [0.3, 0.4) is 0 Å². The molecule has 3 atom stereocenters. The molecule has 2 amide bonds. The molecule has 1 aliphatic heterocycles. The van der Waals surface area contributed by atoms with Gasteiger partial charge in [0.1, 0.15) is 31.1 Å². The largest absolute Gasteiger partial charge is 0.481 e. The van der Waals surface area contributed by atoms with E-state index in [0.717, 1.165) is 33.4 Å². The highest BCUT2D eigenvalue weighted by Crippen LogP contribution is 2.50. The van der Waals surface area contributed by atoms with Crippen molar-refractivity contribution in [1.29, 1.82) is 0 Å². The summed E-state index contributed by atoms with van der Waals surface area (Å²) in [6, 6.07) is 53.8. The van der Waals surface area contributed by atoms with Crippen LogP contribution >= 0.6 is 7.60 Å². The van der Waals surface area contributed by atoms with E-state index in [1.165, 1.54) is 0 Å². The summed E-state index contributed by atoms with van der Waals surface area (Å²) in [4.78, 5) is 19.3. The molecule has 1 saturated heterocycles. The maximum Gasteiger partial charge on any atom is 0.368 e. The van der Waals surface area contributed by atoms with E-state index < -0.39 is 13.7 Å². The van der Waals surface area contributed by atoms with Crippen LogP contribution in [0.2, 0.25) is 0 Å². The lowest BCUT2D eigenvalue weighted by molar-refractivity contribution is -0.150. The first kappa shape index (κ1) is 48.1. The molecule has 0 spiro atoms. The molecule has 0 saturated carbocycles. The van der Waals surface area contributed by atoms with Gasteiger partial charge in [0.05, 0.1) is 38.5 Å². The van der Waals surface area contributed by atoms with Gasteiger partial charge in [0.2, 0.25) is 0 Å². The number of carbonyl (C=O) groups is 1. The fourth-order valence-corrected chi connectivity index (χ4v) is 9.28. The fraction of sp³-hybridized carbons (Fsp3) is 0.302. The first-order valence-corrected chi connectivity index (χ1v) is 24.1. The minimum absolute atomic E-state index is 0.0128. The highest BCUT2D eigenvalue weighted by atomic mass is 31.2. The molecule has 0 aromatic heterocycles. The molecule has 66 heavy (non-hydrogen) atoms. The Hall–Kier alpha value is -5.82. The SMILES string of the molecule is COCCOCO[C@@H]1[C@@H](CCc2ccccc2)N(Cc2cccc(OCP(=O)(OCc3ccccc3)OCc3ccccc3)c2)C(=O)N(Cc2cccc(OCN)c2)[C@@H]1Cc1ccccc1. The van der Waals surface area contributed by atoms with Crippen LogP contribution in [0.15, 0.2) is 170 Å². The van der Waals surface area contributed by atoms with Gasteiger partial charge in [-0.25, -0.2) is 4.79 Å². The quantitative estimate of drug-likeness (QED) is 0.0319. The molecule has 0 bridgehead atoms. The number of methoxy groups -OCH3 is 1. The smallest absolute Gasteiger partial charge is 0.368 e. The molecular formula is C53H60N3O9P. The first-order chi connectivity index (χ1) is 32.4. The van der Waals surface area contributed by atoms with E-state index in [1.54, 1.807) is 13.2 Å². The van der Waals surface area contributed by atoms with Crippen molar-refractivity contribution in [2.24, 2.45) is 5.73 Å². The molecule has 7 rings (SSSR count). The molecule has 0 radical (unpaired) electrons. The second-order valence-electron chi connectivity index (χ2n) is 16.0. The normalized spacial score (nSPS) is 16.3. The van der Waals surface area contributed by atoms with Gasteiger partial charge in [-0.05, 0) is 76.9 Å². The van der Waals surface area contributed by atoms with Crippen LogP contribution in [0.25, 0.3) is 0 Å². The van der Waals surface area contributed by atoms with Gasteiger partial charge in [0.25, 0.3) is 0 Å². The third kappa shape index (κ3) is 14.3. The Balaban J connectivity index is 1.20. The number of benzene rings is 6. The van der Waals surface area contributed by atoms with Crippen LogP contribution in [-0.2, 0) is 67.0 Å². The Bertz CT molecular complexity index is 2350. The Morgan fingerprint density at radius 3 is 1.62 bits per heavy atom. The average Bonchev–Trinajstić information content (AvgIpc) is 3.36. The molecular weight excluding hydrogens is 854 g/mol. The second-order valence-corrected chi connectivity index (χ2v) is 18.0. The minimum Gasteiger partial charge on any atom is -0.481 e. The van der Waals surface area contributed by atoms with Crippen molar-refractivity contribution < 1.29 is 42.1 Å². The number of nitrogens with zero attached hydrogens (tertiary/aromatic N) is 2. The van der Waals surface area contributed by atoms with Gasteiger partial charge in [-0.3, -0.25) is 10.3 Å². The van der Waals surface area contributed by atoms with E-state index in [9.17, 15) is 4.57 Å². The number of amides is 2. The highest BCUT2D eigenvalue weighted by molar-refractivity contribution is 7.53. The molecule has 2 N–H and O–H groups in total. The molecule has 6 aromatic rings. The van der Waals surface area contributed by atoms with E-state index in [0.29, 0.717) is 44.0 Å². The number of urea groups is 1. The molecule has 0 aliphatic carbocycles. The summed E-state index contributed by atoms with van der Waals surface area (Å²) in [6.45, 7) is 1.51. The van der Waals surface area contributed by atoms with Crippen molar-refractivity contribution in [3.63, 3.8) is 0 Å². The average molecular weight is 914 g/mol. The standard InChI is InChI=1S/C53H60N3O9P/c1-59-30-31-60-40-62-52-50(29-28-42-16-6-2-7-17-42)55(53(57)56(51(52)34-43-18-8-3-9-19-43)36-46-24-14-26-48(32-46)61-39-54)35-47-25-15-27-49(33-47)63-41-66(58,64-37-44-20-10-4-11-21-44)65-38-45-22-12-5-13-23-45/h2-27,32-33,50-52H,28-31,34-41,54H2,1H3/t50-,51-,52-/m1/s1. The molecule has 0 unspecified atom stereocenters. The van der Waals surface area contributed by atoms with Crippen molar-refractivity contribution in [3.05, 3.63) is 203 Å². The fourth-order valence-electron chi connectivity index (χ4n) is 8.06. The van der Waals surface area contributed by atoms with Gasteiger partial charge in [-0.1, -0.05) is 146 Å². The van der Waals surface area contributed by atoms with Crippen molar-refractivity contribution in [3.8, 4) is 11.5 Å². The minimum atomic E-state index is -3.78. The molecule has 13 heteroatoms. The zero-order valence-corrected chi connectivity index (χ0v) is 38.4. The molecule has 1 fully saturated rings. The molecule has 12 nitrogen and oxygen atoms in total. The third-order valence-electron chi connectivity index (χ3n) is 11.4. The second kappa shape index (κ2) is 25.2. The number of hydrogen-bond acceptors (Lipinski definition) is 10. The topological polar surface area (TPSA) is 131 Å². The maximum atomic E-state index is 15.4. The van der Waals surface area contributed by atoms with Gasteiger partial charge in [0.15, 0.2) is 6.35 Å². The third-order valence-corrected chi connectivity index (χ3v) is 12.9. The zero-order valence-electron chi connectivity index (χ0n) is 37.5. The molecule has 6 aromatic carbocycles. The van der Waals surface area contributed by atoms with E-state index >= 15 is 4.79 Å². The van der Waals surface area contributed by atoms with Crippen LogP contribution in [0.5, 0.6) is 11.5 Å². The number of ether oxygens (including phenoxy) is 5. The predicted octanol–water partition coefficient (Wildman–Crippen LogP) is 10.0. The van der Waals surface area contributed by atoms with Gasteiger partial charge in [-0.2, -0.15) is 0 Å². The van der Waals surface area contributed by atoms with E-state index in [-0.39, 0.29) is 64.3 Å². The lowest BCUT2D eigenvalue weighted by atomic mass is 9.87. The number of nitrogens with two attached hydrogens (primary N) is 1. The Kier molecular flexibility index (Phi) is 18.4. The van der Waals surface area contributed by atoms with Crippen molar-refractivity contribution in [2.45, 2.75) is 63.8 Å². The van der Waals surface area contributed by atoms with Gasteiger partial charge in [0, 0.05) is 20.2 Å². The summed E-state index contributed by atoms with van der Waals surface area (Å²) in [6.07, 6.45) is 1.08. The number of carbonyl (C=O) groups excluding carboxylic acids is 1. The monoisotopic (exact) mass is 913 g/mol. The Labute approximate surface area is 388 Å². The number of aryl methyl sites for hydroxylation is 1. The van der Waals surface area contributed by atoms with Gasteiger partial charge < -0.3 is 42.5 Å². The van der Waals surface area contributed by atoms with Crippen molar-refractivity contribution in [1.82, 2.24) is 9.80 Å². The summed E-state index contributed by atoms with van der Waals surface area (Å²) >= 11 is 0. The van der Waals surface area contributed by atoms with Crippen LogP contribution in [0.4, 0.5) is 4.79 Å². The first-order valence-electron chi connectivity index (χ1n) is 22.3. The summed E-state index contributed by atoms with van der Waals surface area (Å²) in [5.74, 6) is 1.08. The summed E-state index contributed by atoms with van der Waals surface area (Å²) in [5, 5.41) is 0. The molecule has 1 heterocycles. The van der Waals surface area contributed by atoms with Crippen LogP contribution in [0, 0.1) is 0 Å². The van der Waals surface area contributed by atoms with E-state index in [4.69, 9.17) is 38.5 Å².